The van der Waals surface area contributed by atoms with Crippen LogP contribution in [0.25, 0.3) is 0 Å². The zero-order valence-corrected chi connectivity index (χ0v) is 21.2. The Morgan fingerprint density at radius 2 is 1.92 bits per heavy atom. The average Bonchev–Trinajstić information content (AvgIpc) is 3.55. The number of nitrogens with one attached hydrogen (secondary N) is 6. The summed E-state index contributed by atoms with van der Waals surface area (Å²) in [5.41, 5.74) is 11.4. The van der Waals surface area contributed by atoms with Gasteiger partial charge in [0.25, 0.3) is 0 Å². The number of aromatic amines is 1. The Hall–Kier alpha value is -4.21. The van der Waals surface area contributed by atoms with E-state index in [2.05, 4.69) is 31.2 Å². The molecule has 1 fully saturated rings. The number of carboxylic acid groups (broad SMARTS) is 1. The number of nitrogens with two attached hydrogens (primary N) is 2. The Balaban J connectivity index is 2.20. The second-order valence-corrected chi connectivity index (χ2v) is 8.96. The van der Waals surface area contributed by atoms with Crippen molar-refractivity contribution in [3.63, 3.8) is 0 Å². The van der Waals surface area contributed by atoms with Crippen molar-refractivity contribution >= 4 is 35.6 Å². The smallest absolute Gasteiger partial charge is 0.322 e. The molecule has 1 aromatic rings. The number of H-pyrrole nitrogens is 1. The van der Waals surface area contributed by atoms with Gasteiger partial charge < -0.3 is 47.7 Å². The zero-order valence-electron chi connectivity index (χ0n) is 21.2. The van der Waals surface area contributed by atoms with Crippen LogP contribution in [0.2, 0.25) is 0 Å². The van der Waals surface area contributed by atoms with E-state index in [4.69, 9.17) is 22.0 Å². The Labute approximate surface area is 219 Å². The quantitative estimate of drug-likeness (QED) is 0.0650. The minimum absolute atomic E-state index is 0.00783. The van der Waals surface area contributed by atoms with Crippen LogP contribution < -0.4 is 32.7 Å². The van der Waals surface area contributed by atoms with Gasteiger partial charge >= 0.3 is 5.97 Å². The van der Waals surface area contributed by atoms with E-state index in [1.807, 2.05) is 0 Å². The van der Waals surface area contributed by atoms with Gasteiger partial charge in [-0.2, -0.15) is 0 Å². The molecule has 0 aromatic carbocycles. The summed E-state index contributed by atoms with van der Waals surface area (Å²) >= 11 is 0. The summed E-state index contributed by atoms with van der Waals surface area (Å²) in [5, 5.41) is 26.3. The lowest BCUT2D eigenvalue weighted by molar-refractivity contribution is -0.143. The molecule has 38 heavy (non-hydrogen) atoms. The lowest BCUT2D eigenvalue weighted by atomic mass is 10.1. The lowest BCUT2D eigenvalue weighted by Gasteiger charge is -2.29. The molecule has 0 bridgehead atoms. The average molecular weight is 537 g/mol. The molecule has 0 saturated carbocycles. The lowest BCUT2D eigenvalue weighted by Crippen LogP contribution is -2.58. The minimum Gasteiger partial charge on any atom is -0.480 e. The van der Waals surface area contributed by atoms with Gasteiger partial charge in [0.1, 0.15) is 24.7 Å². The first-order valence-corrected chi connectivity index (χ1v) is 12.2. The van der Waals surface area contributed by atoms with Gasteiger partial charge in [-0.15, -0.1) is 0 Å². The fourth-order valence-corrected chi connectivity index (χ4v) is 3.97. The molecule has 4 amide bonds. The van der Waals surface area contributed by atoms with Gasteiger partial charge in [-0.25, -0.2) is 4.98 Å². The highest BCUT2D eigenvalue weighted by atomic mass is 16.4. The number of imidazole rings is 1. The molecular formula is C22H36N10O6. The van der Waals surface area contributed by atoms with Crippen LogP contribution in [0.5, 0.6) is 0 Å². The highest BCUT2D eigenvalue weighted by Crippen LogP contribution is 2.19. The Morgan fingerprint density at radius 3 is 2.53 bits per heavy atom. The molecule has 210 valence electrons. The summed E-state index contributed by atoms with van der Waals surface area (Å²) in [7, 11) is 0. The van der Waals surface area contributed by atoms with E-state index in [0.29, 0.717) is 25.0 Å². The largest absolute Gasteiger partial charge is 0.480 e. The van der Waals surface area contributed by atoms with E-state index >= 15 is 0 Å². The number of hydrogen-bond acceptors (Lipinski definition) is 8. The third kappa shape index (κ3) is 9.34. The highest BCUT2D eigenvalue weighted by Gasteiger charge is 2.38. The monoisotopic (exact) mass is 536 g/mol. The first-order chi connectivity index (χ1) is 18.0. The summed E-state index contributed by atoms with van der Waals surface area (Å²) < 4.78 is 0. The molecule has 0 radical (unpaired) electrons. The van der Waals surface area contributed by atoms with Crippen LogP contribution >= 0.6 is 0 Å². The van der Waals surface area contributed by atoms with E-state index in [9.17, 15) is 24.0 Å². The molecule has 1 saturated heterocycles. The number of aromatic nitrogens is 2. The Morgan fingerprint density at radius 1 is 1.21 bits per heavy atom. The van der Waals surface area contributed by atoms with Crippen LogP contribution in [0.4, 0.5) is 0 Å². The molecule has 0 aliphatic carbocycles. The third-order valence-electron chi connectivity index (χ3n) is 5.87. The Kier molecular flexibility index (Phi) is 11.5. The van der Waals surface area contributed by atoms with Crippen LogP contribution in [0.3, 0.4) is 0 Å². The number of rotatable bonds is 14. The van der Waals surface area contributed by atoms with E-state index in [1.165, 1.54) is 18.2 Å². The van der Waals surface area contributed by atoms with Crippen LogP contribution in [-0.2, 0) is 30.4 Å². The molecule has 1 aromatic heterocycles. The zero-order chi connectivity index (χ0) is 28.2. The summed E-state index contributed by atoms with van der Waals surface area (Å²) in [5.74, 6) is -3.77. The van der Waals surface area contributed by atoms with E-state index in [0.717, 1.165) is 0 Å². The first kappa shape index (κ1) is 30.0. The summed E-state index contributed by atoms with van der Waals surface area (Å²) in [6.07, 6.45) is 4.39. The van der Waals surface area contributed by atoms with Crippen molar-refractivity contribution in [1.29, 1.82) is 5.41 Å². The van der Waals surface area contributed by atoms with Crippen LogP contribution in [-0.4, -0.2) is 99.3 Å². The van der Waals surface area contributed by atoms with Crippen LogP contribution in [0, 0.1) is 5.41 Å². The number of likely N-dealkylation sites (tertiary alicyclic amines) is 1. The van der Waals surface area contributed by atoms with E-state index < -0.39 is 60.3 Å². The van der Waals surface area contributed by atoms with Crippen molar-refractivity contribution in [2.75, 3.05) is 19.6 Å². The molecule has 0 unspecified atom stereocenters. The first-order valence-electron chi connectivity index (χ1n) is 12.2. The number of hydrogen-bond donors (Lipinski definition) is 9. The van der Waals surface area contributed by atoms with Crippen LogP contribution in [0.15, 0.2) is 12.5 Å². The van der Waals surface area contributed by atoms with Gasteiger partial charge in [0.2, 0.25) is 23.6 Å². The van der Waals surface area contributed by atoms with Crippen molar-refractivity contribution in [3.8, 4) is 0 Å². The second kappa shape index (κ2) is 14.5. The number of nitrogens with zero attached hydrogens (tertiary/aromatic N) is 2. The second-order valence-electron chi connectivity index (χ2n) is 8.96. The van der Waals surface area contributed by atoms with Gasteiger partial charge in [0.15, 0.2) is 5.96 Å². The minimum atomic E-state index is -1.21. The predicted octanol–water partition coefficient (Wildman–Crippen LogP) is -3.28. The number of aliphatic carboxylic acids is 1. The van der Waals surface area contributed by atoms with Crippen molar-refractivity contribution in [3.05, 3.63) is 18.2 Å². The molecule has 2 rings (SSSR count). The maximum atomic E-state index is 13.6. The number of guanidine groups is 1. The maximum absolute atomic E-state index is 13.6. The van der Waals surface area contributed by atoms with Gasteiger partial charge in [-0.05, 0) is 32.6 Å². The maximum Gasteiger partial charge on any atom is 0.322 e. The number of carbonyl (C=O) groups is 5. The predicted molar refractivity (Wildman–Crippen MR) is 134 cm³/mol. The fourth-order valence-electron chi connectivity index (χ4n) is 3.97. The van der Waals surface area contributed by atoms with Crippen molar-refractivity contribution in [1.82, 2.24) is 36.1 Å². The van der Waals surface area contributed by atoms with Crippen LogP contribution in [0.1, 0.15) is 38.3 Å². The van der Waals surface area contributed by atoms with Crippen molar-refractivity contribution in [2.45, 2.75) is 63.2 Å². The molecule has 2 heterocycles. The molecule has 0 spiro atoms. The van der Waals surface area contributed by atoms with Crippen molar-refractivity contribution < 1.29 is 29.1 Å². The third-order valence-corrected chi connectivity index (χ3v) is 5.87. The van der Waals surface area contributed by atoms with Gasteiger partial charge in [-0.1, -0.05) is 0 Å². The Bertz CT molecular complexity index is 999. The van der Waals surface area contributed by atoms with E-state index in [-0.39, 0.29) is 31.9 Å². The van der Waals surface area contributed by atoms with Gasteiger partial charge in [0, 0.05) is 25.7 Å². The molecular weight excluding hydrogens is 500 g/mol. The fraction of sp³-hybridized carbons (Fsp3) is 0.591. The van der Waals surface area contributed by atoms with Gasteiger partial charge in [-0.3, -0.25) is 29.4 Å². The summed E-state index contributed by atoms with van der Waals surface area (Å²) in [6, 6.07) is -3.92. The molecule has 1 aliphatic rings. The normalized spacial score (nSPS) is 17.1. The molecule has 1 aliphatic heterocycles. The molecule has 4 atom stereocenters. The topological polar surface area (TPSA) is 262 Å². The number of carboxylic acids is 1. The standard InChI is InChI=1S/C22H36N10O6/c1-12(23)18(35)30-14(4-2-6-27-22(24)25)19(36)31-15(8-13-9-26-11-29-13)21(38)32-7-3-5-16(32)20(37)28-10-17(33)34/h9,11-12,14-16H,2-8,10,23H2,1H3,(H,26,29)(H,28,37)(H,30,35)(H,31,36)(H,33,34)(H4,24,25,27)/t12-,14-,15-,16-/m0/s1. The SMILES string of the molecule is C[C@H](N)C(=O)N[C@@H](CCCNC(=N)N)C(=O)N[C@@H](Cc1c[nH]cn1)C(=O)N1CCC[C@H]1C(=O)NCC(=O)O. The molecule has 16 nitrogen and oxygen atoms in total. The highest BCUT2D eigenvalue weighted by molar-refractivity contribution is 5.95. The summed E-state index contributed by atoms with van der Waals surface area (Å²) in [4.78, 5) is 70.7. The number of carbonyl (C=O) groups excluding carboxylic acids is 4. The number of amides is 4. The van der Waals surface area contributed by atoms with E-state index in [1.54, 1.807) is 6.20 Å². The molecule has 11 N–H and O–H groups in total. The summed E-state index contributed by atoms with van der Waals surface area (Å²) in [6.45, 7) is 1.42. The molecule has 16 heteroatoms. The van der Waals surface area contributed by atoms with Crippen molar-refractivity contribution in [2.24, 2.45) is 11.5 Å². The van der Waals surface area contributed by atoms with Gasteiger partial charge in [0.05, 0.1) is 18.1 Å².